The van der Waals surface area contributed by atoms with E-state index in [2.05, 4.69) is 63.3 Å². The highest BCUT2D eigenvalue weighted by Gasteiger charge is 2.21. The van der Waals surface area contributed by atoms with Gasteiger partial charge < -0.3 is 4.90 Å². The van der Waals surface area contributed by atoms with Crippen molar-refractivity contribution in [1.29, 1.82) is 0 Å². The molecule has 0 aliphatic carbocycles. The lowest BCUT2D eigenvalue weighted by Gasteiger charge is -2.35. The highest BCUT2D eigenvalue weighted by atomic mass is 15.3. The molecule has 0 amide bonds. The Bertz CT molecular complexity index is 1090. The number of hydrogen-bond donors (Lipinski definition) is 0. The lowest BCUT2D eigenvalue weighted by Crippen LogP contribution is -2.46. The van der Waals surface area contributed by atoms with E-state index < -0.39 is 0 Å². The van der Waals surface area contributed by atoms with Crippen molar-refractivity contribution < 1.29 is 0 Å². The second kappa shape index (κ2) is 7.97. The van der Waals surface area contributed by atoms with Crippen LogP contribution in [0.5, 0.6) is 0 Å². The predicted octanol–water partition coefficient (Wildman–Crippen LogP) is 4.01. The highest BCUT2D eigenvalue weighted by Crippen LogP contribution is 2.28. The maximum Gasteiger partial charge on any atom is 0.226 e. The summed E-state index contributed by atoms with van der Waals surface area (Å²) in [6.07, 6.45) is 3.77. The van der Waals surface area contributed by atoms with Crippen molar-refractivity contribution in [2.75, 3.05) is 31.1 Å². The third kappa shape index (κ3) is 3.82. The predicted molar refractivity (Wildman–Crippen MR) is 117 cm³/mol. The van der Waals surface area contributed by atoms with Gasteiger partial charge in [0.15, 0.2) is 0 Å². The van der Waals surface area contributed by atoms with E-state index in [-0.39, 0.29) is 0 Å². The summed E-state index contributed by atoms with van der Waals surface area (Å²) in [5, 5.41) is 1.10. The van der Waals surface area contributed by atoms with Gasteiger partial charge >= 0.3 is 0 Å². The number of hydrogen-bond acceptors (Lipinski definition) is 5. The van der Waals surface area contributed by atoms with Crippen molar-refractivity contribution in [3.8, 4) is 11.3 Å². The molecule has 1 fully saturated rings. The fraction of sp³-hybridized carbons (Fsp3) is 0.208. The average Bonchev–Trinajstić information content (AvgIpc) is 2.80. The summed E-state index contributed by atoms with van der Waals surface area (Å²) in [5.74, 6) is 0.823. The molecule has 2 aromatic heterocycles. The quantitative estimate of drug-likeness (QED) is 0.534. The molecule has 29 heavy (non-hydrogen) atoms. The van der Waals surface area contributed by atoms with Crippen LogP contribution >= 0.6 is 0 Å². The van der Waals surface area contributed by atoms with Crippen molar-refractivity contribution in [1.82, 2.24) is 19.9 Å². The maximum atomic E-state index is 4.99. The van der Waals surface area contributed by atoms with E-state index in [1.165, 1.54) is 5.56 Å². The third-order valence-corrected chi connectivity index (χ3v) is 5.42. The van der Waals surface area contributed by atoms with Gasteiger partial charge in [0, 0.05) is 56.1 Å². The van der Waals surface area contributed by atoms with Gasteiger partial charge in [-0.2, -0.15) is 0 Å². The van der Waals surface area contributed by atoms with E-state index in [4.69, 9.17) is 9.97 Å². The monoisotopic (exact) mass is 381 g/mol. The largest absolute Gasteiger partial charge is 0.338 e. The average molecular weight is 381 g/mol. The lowest BCUT2D eigenvalue weighted by atomic mass is 10.1. The Morgan fingerprint density at radius 3 is 2.34 bits per heavy atom. The molecule has 0 spiro atoms. The van der Waals surface area contributed by atoms with E-state index in [9.17, 15) is 0 Å². The van der Waals surface area contributed by atoms with Crippen LogP contribution in [0.15, 0.2) is 79.1 Å². The summed E-state index contributed by atoms with van der Waals surface area (Å²) < 4.78 is 0. The second-order valence-electron chi connectivity index (χ2n) is 7.38. The number of piperazine rings is 1. The zero-order valence-corrected chi connectivity index (χ0v) is 16.3. The number of aromatic nitrogens is 3. The molecule has 5 nitrogen and oxygen atoms in total. The van der Waals surface area contributed by atoms with E-state index in [1.54, 1.807) is 0 Å². The molecule has 1 aliphatic heterocycles. The maximum absolute atomic E-state index is 4.99. The normalized spacial score (nSPS) is 15.0. The fourth-order valence-electron chi connectivity index (χ4n) is 3.88. The molecule has 0 saturated carbocycles. The minimum atomic E-state index is 0.823. The van der Waals surface area contributed by atoms with E-state index in [0.29, 0.717) is 0 Å². The summed E-state index contributed by atoms with van der Waals surface area (Å²) >= 11 is 0. The molecule has 5 rings (SSSR count). The van der Waals surface area contributed by atoms with Gasteiger partial charge in [0.25, 0.3) is 0 Å². The number of nitrogens with zero attached hydrogens (tertiary/aromatic N) is 5. The van der Waals surface area contributed by atoms with Crippen molar-refractivity contribution in [2.24, 2.45) is 0 Å². The molecule has 0 radical (unpaired) electrons. The van der Waals surface area contributed by atoms with E-state index >= 15 is 0 Å². The van der Waals surface area contributed by atoms with Gasteiger partial charge in [0.2, 0.25) is 5.95 Å². The molecule has 4 aromatic rings. The molecule has 1 aliphatic rings. The molecule has 1 saturated heterocycles. The van der Waals surface area contributed by atoms with Crippen LogP contribution in [-0.2, 0) is 6.54 Å². The summed E-state index contributed by atoms with van der Waals surface area (Å²) in [5.41, 5.74) is 4.38. The van der Waals surface area contributed by atoms with Crippen LogP contribution in [0.1, 0.15) is 5.56 Å². The molecular formula is C24H23N5. The third-order valence-electron chi connectivity index (χ3n) is 5.42. The fourth-order valence-corrected chi connectivity index (χ4v) is 3.88. The SMILES string of the molecule is c1ccc(-c2nc(N3CCN(Cc4cccnc4)CC3)nc3ccccc23)cc1. The Labute approximate surface area is 170 Å². The van der Waals surface area contributed by atoms with Gasteiger partial charge in [0.1, 0.15) is 0 Å². The van der Waals surface area contributed by atoms with Crippen molar-refractivity contribution >= 4 is 16.9 Å². The van der Waals surface area contributed by atoms with Gasteiger partial charge in [0.05, 0.1) is 11.2 Å². The molecule has 5 heteroatoms. The van der Waals surface area contributed by atoms with Crippen LogP contribution in [0.2, 0.25) is 0 Å². The lowest BCUT2D eigenvalue weighted by molar-refractivity contribution is 0.248. The van der Waals surface area contributed by atoms with Gasteiger partial charge in [-0.15, -0.1) is 0 Å². The van der Waals surface area contributed by atoms with Crippen molar-refractivity contribution in [2.45, 2.75) is 6.54 Å². The van der Waals surface area contributed by atoms with Crippen LogP contribution in [0.25, 0.3) is 22.2 Å². The van der Waals surface area contributed by atoms with E-state index in [0.717, 1.165) is 60.8 Å². The zero-order valence-electron chi connectivity index (χ0n) is 16.3. The molecule has 0 unspecified atom stereocenters. The van der Waals surface area contributed by atoms with Gasteiger partial charge in [-0.3, -0.25) is 9.88 Å². The molecule has 0 atom stereocenters. The number of fused-ring (bicyclic) bond motifs is 1. The molecule has 2 aromatic carbocycles. The smallest absolute Gasteiger partial charge is 0.226 e. The van der Waals surface area contributed by atoms with Crippen LogP contribution in [0.3, 0.4) is 0 Å². The molecular weight excluding hydrogens is 358 g/mol. The second-order valence-corrected chi connectivity index (χ2v) is 7.38. The Morgan fingerprint density at radius 2 is 1.55 bits per heavy atom. The first-order valence-corrected chi connectivity index (χ1v) is 10.1. The van der Waals surface area contributed by atoms with Crippen LogP contribution < -0.4 is 4.90 Å². The standard InChI is InChI=1S/C24H23N5/c1-2-8-20(9-3-1)23-21-10-4-5-11-22(21)26-24(27-23)29-15-13-28(14-16-29)18-19-7-6-12-25-17-19/h1-12,17H,13-16,18H2. The number of para-hydroxylation sites is 1. The van der Waals surface area contributed by atoms with Gasteiger partial charge in [-0.1, -0.05) is 54.6 Å². The summed E-state index contributed by atoms with van der Waals surface area (Å²) in [7, 11) is 0. The highest BCUT2D eigenvalue weighted by molar-refractivity contribution is 5.93. The van der Waals surface area contributed by atoms with Crippen LogP contribution in [-0.4, -0.2) is 46.0 Å². The molecule has 144 valence electrons. The number of anilines is 1. The van der Waals surface area contributed by atoms with E-state index in [1.807, 2.05) is 30.6 Å². The Kier molecular flexibility index (Phi) is 4.88. The number of pyridine rings is 1. The topological polar surface area (TPSA) is 45.2 Å². The Morgan fingerprint density at radius 1 is 0.759 bits per heavy atom. The molecule has 0 N–H and O–H groups in total. The van der Waals surface area contributed by atoms with Crippen molar-refractivity contribution in [3.05, 3.63) is 84.7 Å². The van der Waals surface area contributed by atoms with Gasteiger partial charge in [-0.05, 0) is 17.7 Å². The van der Waals surface area contributed by atoms with Crippen LogP contribution in [0.4, 0.5) is 5.95 Å². The first kappa shape index (κ1) is 17.8. The molecule has 3 heterocycles. The Hall–Kier alpha value is -3.31. The first-order valence-electron chi connectivity index (χ1n) is 10.1. The Balaban J connectivity index is 1.40. The molecule has 0 bridgehead atoms. The first-order chi connectivity index (χ1) is 14.4. The summed E-state index contributed by atoms with van der Waals surface area (Å²) in [6.45, 7) is 4.77. The van der Waals surface area contributed by atoms with Gasteiger partial charge in [-0.25, -0.2) is 9.97 Å². The summed E-state index contributed by atoms with van der Waals surface area (Å²) in [6, 6.07) is 22.8. The van der Waals surface area contributed by atoms with Crippen molar-refractivity contribution in [3.63, 3.8) is 0 Å². The number of rotatable bonds is 4. The summed E-state index contributed by atoms with van der Waals surface area (Å²) in [4.78, 5) is 18.9. The number of benzene rings is 2. The minimum absolute atomic E-state index is 0.823. The van der Waals surface area contributed by atoms with Crippen LogP contribution in [0, 0.1) is 0 Å². The minimum Gasteiger partial charge on any atom is -0.338 e. The zero-order chi connectivity index (χ0) is 19.5.